The number of hydrogen-bond acceptors (Lipinski definition) is 4. The summed E-state index contributed by atoms with van der Waals surface area (Å²) in [5, 5.41) is 14.3. The number of aliphatic hydroxyl groups excluding tert-OH is 1. The molecule has 1 aliphatic rings. The molecule has 1 N–H and O–H groups in total. The third-order valence-electron chi connectivity index (χ3n) is 9.88. The normalized spacial score (nSPS) is 14.1. The van der Waals surface area contributed by atoms with Crippen molar-refractivity contribution in [1.82, 2.24) is 4.98 Å². The van der Waals surface area contributed by atoms with Gasteiger partial charge in [0.05, 0.1) is 10.5 Å². The average Bonchev–Trinajstić information content (AvgIpc) is 3.47. The molecule has 6 rings (SSSR count). The number of nitrogens with zero attached hydrogens (tertiary/aromatic N) is 1. The molecule has 2 aromatic heterocycles. The van der Waals surface area contributed by atoms with Crippen molar-refractivity contribution >= 4 is 48.1 Å². The van der Waals surface area contributed by atoms with Crippen LogP contribution in [-0.4, -0.2) is 15.9 Å². The van der Waals surface area contributed by atoms with Crippen molar-refractivity contribution in [3.63, 3.8) is 0 Å². The van der Waals surface area contributed by atoms with Crippen molar-refractivity contribution in [2.75, 3.05) is 0 Å². The summed E-state index contributed by atoms with van der Waals surface area (Å²) in [5.74, 6) is 1.02. The molecule has 0 aliphatic heterocycles. The van der Waals surface area contributed by atoms with Crippen LogP contribution in [0.2, 0.25) is 0 Å². The zero-order valence-electron chi connectivity index (χ0n) is 28.3. The van der Waals surface area contributed by atoms with Crippen LogP contribution >= 0.6 is 11.3 Å². The second kappa shape index (κ2) is 17.0. The third kappa shape index (κ3) is 8.04. The van der Waals surface area contributed by atoms with Crippen LogP contribution in [0.3, 0.4) is 0 Å². The second-order valence-electron chi connectivity index (χ2n) is 12.7. The molecule has 6 heteroatoms. The minimum absolute atomic E-state index is 0. The molecule has 3 nitrogen and oxygen atoms in total. The summed E-state index contributed by atoms with van der Waals surface area (Å²) >= 11 is 1.51. The fourth-order valence-corrected chi connectivity index (χ4v) is 8.23. The predicted molar refractivity (Wildman–Crippen MR) is 193 cm³/mol. The fourth-order valence-electron chi connectivity index (χ4n) is 6.94. The largest absolute Gasteiger partial charge is 0.512 e. The van der Waals surface area contributed by atoms with Gasteiger partial charge in [-0.05, 0) is 68.4 Å². The van der Waals surface area contributed by atoms with E-state index in [1.165, 1.54) is 60.5 Å². The number of carbonyl (C=O) groups excluding carboxylic acids is 1. The van der Waals surface area contributed by atoms with E-state index in [0.717, 1.165) is 62.5 Å². The SMILES string of the molecule is CCC(CC)C(=O)/C=C(\O)C(CC)CC.Cc1ccc2c(sc3c(-c4[c-]c5ccccc5c(C5CCCCC5)c4)nccc32)c1F.[Ir]. The zero-order chi connectivity index (χ0) is 32.8. The molecule has 0 unspecified atom stereocenters. The molecule has 5 aromatic rings. The first-order valence-corrected chi connectivity index (χ1v) is 18.0. The molecule has 1 saturated carbocycles. The van der Waals surface area contributed by atoms with E-state index >= 15 is 0 Å². The van der Waals surface area contributed by atoms with E-state index in [1.54, 1.807) is 0 Å². The molecular formula is C41H47FIrNO2S-. The summed E-state index contributed by atoms with van der Waals surface area (Å²) in [5.41, 5.74) is 4.04. The molecule has 0 spiro atoms. The van der Waals surface area contributed by atoms with Gasteiger partial charge in [-0.25, -0.2) is 4.39 Å². The maximum Gasteiger partial charge on any atom is 0.162 e. The monoisotopic (exact) mass is 829 g/mol. The number of thiophene rings is 1. The molecule has 0 saturated heterocycles. The molecule has 251 valence electrons. The summed E-state index contributed by atoms with van der Waals surface area (Å²) in [6.45, 7) is 9.90. The number of pyridine rings is 1. The summed E-state index contributed by atoms with van der Waals surface area (Å²) in [6.07, 6.45) is 13.2. The Kier molecular flexibility index (Phi) is 13.3. The number of halogens is 1. The van der Waals surface area contributed by atoms with E-state index in [0.29, 0.717) is 11.5 Å². The van der Waals surface area contributed by atoms with E-state index in [1.807, 2.05) is 59.0 Å². The Morgan fingerprint density at radius 2 is 1.60 bits per heavy atom. The van der Waals surface area contributed by atoms with Gasteiger partial charge in [-0.3, -0.25) is 9.78 Å². The number of aliphatic hydroxyl groups is 1. The maximum absolute atomic E-state index is 14.9. The van der Waals surface area contributed by atoms with Gasteiger partial charge in [0.25, 0.3) is 0 Å². The van der Waals surface area contributed by atoms with E-state index < -0.39 is 0 Å². The number of fused-ring (bicyclic) bond motifs is 4. The molecule has 1 radical (unpaired) electrons. The van der Waals surface area contributed by atoms with Crippen LogP contribution in [-0.2, 0) is 24.9 Å². The number of allylic oxidation sites excluding steroid dienone is 2. The quantitative estimate of drug-likeness (QED) is 0.0915. The number of ketones is 1. The van der Waals surface area contributed by atoms with Gasteiger partial charge < -0.3 is 5.11 Å². The Balaban J connectivity index is 0.000000269. The Morgan fingerprint density at radius 1 is 0.936 bits per heavy atom. The molecule has 0 amide bonds. The van der Waals surface area contributed by atoms with Gasteiger partial charge in [-0.2, -0.15) is 0 Å². The van der Waals surface area contributed by atoms with Crippen molar-refractivity contribution in [2.45, 2.75) is 98.3 Å². The maximum atomic E-state index is 14.9. The van der Waals surface area contributed by atoms with Crippen LogP contribution in [0.1, 0.15) is 103 Å². The first kappa shape index (κ1) is 36.9. The van der Waals surface area contributed by atoms with E-state index in [-0.39, 0.29) is 49.3 Å². The molecule has 1 fully saturated rings. The van der Waals surface area contributed by atoms with Crippen LogP contribution in [0.4, 0.5) is 4.39 Å². The number of aromatic nitrogens is 1. The molecule has 0 atom stereocenters. The van der Waals surface area contributed by atoms with Gasteiger partial charge >= 0.3 is 0 Å². The molecule has 0 bridgehead atoms. The summed E-state index contributed by atoms with van der Waals surface area (Å²) in [7, 11) is 0. The fraction of sp³-hybridized carbons (Fsp3) is 0.415. The Labute approximate surface area is 297 Å². The van der Waals surface area contributed by atoms with E-state index in [4.69, 9.17) is 4.98 Å². The minimum atomic E-state index is -0.116. The number of rotatable bonds is 9. The Hall–Kier alpha value is -2.92. The minimum Gasteiger partial charge on any atom is -0.512 e. The van der Waals surface area contributed by atoms with Crippen LogP contribution in [0.25, 0.3) is 42.2 Å². The van der Waals surface area contributed by atoms with Gasteiger partial charge in [0, 0.05) is 60.0 Å². The number of carbonyl (C=O) groups is 1. The van der Waals surface area contributed by atoms with Crippen molar-refractivity contribution in [3.8, 4) is 11.3 Å². The van der Waals surface area contributed by atoms with Crippen LogP contribution in [0.5, 0.6) is 0 Å². The van der Waals surface area contributed by atoms with Crippen molar-refractivity contribution in [2.24, 2.45) is 11.8 Å². The smallest absolute Gasteiger partial charge is 0.162 e. The predicted octanol–water partition coefficient (Wildman–Crippen LogP) is 12.4. The Bertz CT molecular complexity index is 1850. The first-order chi connectivity index (χ1) is 22.3. The zero-order valence-corrected chi connectivity index (χ0v) is 31.5. The van der Waals surface area contributed by atoms with E-state index in [2.05, 4.69) is 36.4 Å². The van der Waals surface area contributed by atoms with Crippen LogP contribution in [0, 0.1) is 30.6 Å². The average molecular weight is 829 g/mol. The molecule has 47 heavy (non-hydrogen) atoms. The first-order valence-electron chi connectivity index (χ1n) is 17.2. The third-order valence-corrected chi connectivity index (χ3v) is 11.1. The molecule has 1 aliphatic carbocycles. The van der Waals surface area contributed by atoms with Gasteiger partial charge in [0.2, 0.25) is 0 Å². The van der Waals surface area contributed by atoms with Gasteiger partial charge in [0.1, 0.15) is 5.82 Å². The number of benzene rings is 3. The van der Waals surface area contributed by atoms with E-state index in [9.17, 15) is 14.3 Å². The number of hydrogen-bond donors (Lipinski definition) is 1. The summed E-state index contributed by atoms with van der Waals surface area (Å²) in [4.78, 5) is 16.5. The summed E-state index contributed by atoms with van der Waals surface area (Å²) < 4.78 is 16.6. The van der Waals surface area contributed by atoms with Crippen LogP contribution in [0.15, 0.2) is 66.6 Å². The summed E-state index contributed by atoms with van der Waals surface area (Å²) in [6, 6.07) is 20.4. The van der Waals surface area contributed by atoms with Crippen molar-refractivity contribution in [3.05, 3.63) is 89.6 Å². The van der Waals surface area contributed by atoms with Gasteiger partial charge in [-0.1, -0.05) is 88.2 Å². The van der Waals surface area contributed by atoms with Gasteiger partial charge in [0.15, 0.2) is 5.78 Å². The Morgan fingerprint density at radius 3 is 2.28 bits per heavy atom. The molecular weight excluding hydrogens is 782 g/mol. The van der Waals surface area contributed by atoms with Crippen LogP contribution < -0.4 is 0 Å². The second-order valence-corrected chi connectivity index (χ2v) is 13.7. The topological polar surface area (TPSA) is 50.2 Å². The molecule has 3 aromatic carbocycles. The molecule has 2 heterocycles. The van der Waals surface area contributed by atoms with Crippen molar-refractivity contribution < 1.29 is 34.4 Å². The standard InChI is InChI=1S/C28H23FNS.C13H24O2.Ir/c1-17-11-12-22-23-13-14-30-26(28(23)31-27(22)25(17)29)20-15-19-9-5-6-10-21(19)24(16-20)18-7-3-2-4-8-18;1-5-10(6-2)12(14)9-13(15)11(7-3)8-4;/h5-6,9-14,16,18H,2-4,7-8H2,1H3;9-11,14H,5-8H2,1-4H3;/q-1;;/b;12-9-;. The van der Waals surface area contributed by atoms with Crippen molar-refractivity contribution in [1.29, 1.82) is 0 Å². The number of aryl methyl sites for hydroxylation is 1. The van der Waals surface area contributed by atoms with Gasteiger partial charge in [-0.15, -0.1) is 40.5 Å².